The number of hydrogen-bond acceptors (Lipinski definition) is 4. The molecule has 0 radical (unpaired) electrons. The second-order valence-electron chi connectivity index (χ2n) is 3.48. The van der Waals surface area contributed by atoms with Crippen molar-refractivity contribution in [3.63, 3.8) is 0 Å². The van der Waals surface area contributed by atoms with Crippen LogP contribution in [0.25, 0.3) is 11.3 Å². The second-order valence-corrected chi connectivity index (χ2v) is 3.48. The van der Waals surface area contributed by atoms with Crippen molar-refractivity contribution in [3.8, 4) is 11.3 Å². The zero-order valence-corrected chi connectivity index (χ0v) is 8.18. The molecule has 0 N–H and O–H groups in total. The van der Waals surface area contributed by atoms with E-state index in [1.807, 2.05) is 30.3 Å². The van der Waals surface area contributed by atoms with Crippen molar-refractivity contribution in [2.24, 2.45) is 0 Å². The van der Waals surface area contributed by atoms with Crippen LogP contribution in [0.4, 0.5) is 0 Å². The molecule has 0 atom stereocenters. The molecular weight excluding hydrogens is 204 g/mol. The van der Waals surface area contributed by atoms with Gasteiger partial charge < -0.3 is 0 Å². The molecule has 4 heteroatoms. The number of hydrogen-bond donors (Lipinski definition) is 0. The van der Waals surface area contributed by atoms with Gasteiger partial charge >= 0.3 is 0 Å². The highest BCUT2D eigenvalue weighted by Gasteiger charge is 2.12. The Morgan fingerprint density at radius 2 is 1.69 bits per heavy atom. The Balaban J connectivity index is 2.49. The van der Waals surface area contributed by atoms with Gasteiger partial charge in [0.05, 0.1) is 16.1 Å². The Hall–Kier alpha value is -2.36. The van der Waals surface area contributed by atoms with Crippen LogP contribution in [0, 0.1) is 10.4 Å². The van der Waals surface area contributed by atoms with E-state index in [4.69, 9.17) is 0 Å². The molecule has 0 bridgehead atoms. The molecule has 0 saturated carbocycles. The van der Waals surface area contributed by atoms with E-state index < -0.39 is 0 Å². The highest BCUT2D eigenvalue weighted by Crippen LogP contribution is 2.15. The Kier molecular flexibility index (Phi) is 1.71. The molecular formula is C12H6N2O2. The van der Waals surface area contributed by atoms with Gasteiger partial charge in [0, 0.05) is 11.8 Å². The van der Waals surface area contributed by atoms with Crippen LogP contribution in [-0.2, 0) is 0 Å². The van der Waals surface area contributed by atoms with E-state index in [-0.39, 0.29) is 11.1 Å². The minimum absolute atomic E-state index is 0.309. The molecule has 0 spiro atoms. The average Bonchev–Trinajstić information content (AvgIpc) is 2.83. The third kappa shape index (κ3) is 1.10. The minimum atomic E-state index is -0.386. The Morgan fingerprint density at radius 1 is 0.938 bits per heavy atom. The summed E-state index contributed by atoms with van der Waals surface area (Å²) in [6, 6.07) is 9.16. The molecule has 2 aliphatic heterocycles. The van der Waals surface area contributed by atoms with Crippen LogP contribution < -0.4 is 11.1 Å². The predicted molar refractivity (Wildman–Crippen MR) is 57.7 cm³/mol. The molecule has 1 aromatic rings. The minimum Gasteiger partial charge on any atom is -0.267 e. The van der Waals surface area contributed by atoms with Crippen LogP contribution in [0.3, 0.4) is 0 Å². The summed E-state index contributed by atoms with van der Waals surface area (Å²) >= 11 is 0. The van der Waals surface area contributed by atoms with Crippen LogP contribution in [0.2, 0.25) is 0 Å². The summed E-state index contributed by atoms with van der Waals surface area (Å²) in [5.74, 6) is 0. The molecule has 0 aliphatic carbocycles. The van der Waals surface area contributed by atoms with Crippen LogP contribution >= 0.6 is 0 Å². The quantitative estimate of drug-likeness (QED) is 0.585. The van der Waals surface area contributed by atoms with E-state index in [9.17, 15) is 9.59 Å². The summed E-state index contributed by atoms with van der Waals surface area (Å²) in [4.78, 5) is 30.5. The van der Waals surface area contributed by atoms with Gasteiger partial charge in [-0.25, -0.2) is 9.97 Å². The maximum atomic E-state index is 11.5. The highest BCUT2D eigenvalue weighted by molar-refractivity contribution is 5.60. The zero-order valence-electron chi connectivity index (χ0n) is 8.18. The largest absolute Gasteiger partial charge is 0.280 e. The zero-order chi connectivity index (χ0) is 11.1. The molecule has 0 amide bonds. The third-order valence-corrected chi connectivity index (χ3v) is 2.52. The van der Waals surface area contributed by atoms with Crippen LogP contribution in [-0.4, -0.2) is 9.97 Å². The van der Waals surface area contributed by atoms with Gasteiger partial charge in [-0.05, 0) is 0 Å². The van der Waals surface area contributed by atoms with Crippen LogP contribution in [0.15, 0.2) is 46.1 Å². The summed E-state index contributed by atoms with van der Waals surface area (Å²) in [5.41, 5.74) is 0.426. The fraction of sp³-hybridized carbons (Fsp3) is 0. The summed E-state index contributed by atoms with van der Waals surface area (Å²) in [6.07, 6.45) is 1.29. The molecule has 16 heavy (non-hydrogen) atoms. The fourth-order valence-electron chi connectivity index (χ4n) is 1.78. The molecule has 0 unspecified atom stereocenters. The predicted octanol–water partition coefficient (Wildman–Crippen LogP) is 0.464. The van der Waals surface area contributed by atoms with E-state index in [0.717, 1.165) is 5.56 Å². The van der Waals surface area contributed by atoms with E-state index in [1.165, 1.54) is 6.20 Å². The van der Waals surface area contributed by atoms with Gasteiger partial charge in [0.2, 0.25) is 0 Å². The van der Waals surface area contributed by atoms with E-state index in [2.05, 4.69) is 9.97 Å². The van der Waals surface area contributed by atoms with Gasteiger partial charge in [0.1, 0.15) is 0 Å². The van der Waals surface area contributed by atoms with Gasteiger partial charge in [-0.1, -0.05) is 30.3 Å². The van der Waals surface area contributed by atoms with Crippen molar-refractivity contribution in [2.75, 3.05) is 0 Å². The molecule has 1 aromatic carbocycles. The van der Waals surface area contributed by atoms with Crippen molar-refractivity contribution < 1.29 is 0 Å². The molecule has 4 nitrogen and oxygen atoms in total. The number of nitrogens with zero attached hydrogens (tertiary/aromatic N) is 2. The first-order chi connectivity index (χ1) is 7.77. The van der Waals surface area contributed by atoms with Gasteiger partial charge in [-0.15, -0.1) is 0 Å². The third-order valence-electron chi connectivity index (χ3n) is 2.52. The first-order valence-electron chi connectivity index (χ1n) is 4.79. The normalized spacial score (nSPS) is 11.0. The van der Waals surface area contributed by atoms with Crippen LogP contribution in [0.5, 0.6) is 0 Å². The van der Waals surface area contributed by atoms with Crippen molar-refractivity contribution in [1.29, 1.82) is 0 Å². The van der Waals surface area contributed by atoms with E-state index >= 15 is 0 Å². The van der Waals surface area contributed by atoms with Crippen molar-refractivity contribution >= 4 is 0 Å². The fourth-order valence-corrected chi connectivity index (χ4v) is 1.78. The molecule has 2 heterocycles. The molecule has 76 valence electrons. The smallest absolute Gasteiger partial charge is 0.267 e. The highest BCUT2D eigenvalue weighted by atomic mass is 16.1. The molecule has 3 rings (SSSR count). The van der Waals surface area contributed by atoms with Gasteiger partial charge in [0.15, 0.2) is 0 Å². The lowest BCUT2D eigenvalue weighted by atomic mass is 10.1. The second kappa shape index (κ2) is 3.06. The molecule has 2 aliphatic rings. The lowest BCUT2D eigenvalue weighted by Gasteiger charge is -1.93. The van der Waals surface area contributed by atoms with Gasteiger partial charge in [0.25, 0.3) is 11.1 Å². The number of benzene rings is 1. The number of rotatable bonds is 1. The van der Waals surface area contributed by atoms with Crippen molar-refractivity contribution in [1.82, 2.24) is 9.97 Å². The monoisotopic (exact) mass is 210 g/mol. The van der Waals surface area contributed by atoms with E-state index in [0.29, 0.717) is 16.1 Å². The first kappa shape index (κ1) is 8.91. The van der Waals surface area contributed by atoms with Crippen molar-refractivity contribution in [3.05, 3.63) is 67.7 Å². The molecule has 0 fully saturated rings. The van der Waals surface area contributed by atoms with E-state index in [1.54, 1.807) is 0 Å². The summed E-state index contributed by atoms with van der Waals surface area (Å²) in [5, 5.41) is 0.639. The molecule has 0 saturated heterocycles. The maximum Gasteiger partial charge on any atom is 0.280 e. The van der Waals surface area contributed by atoms with Crippen molar-refractivity contribution in [2.45, 2.75) is 0 Å². The SMILES string of the molecule is O=c1nc(-c2ccccc2)c2c(=O)ncc1=2. The lowest BCUT2D eigenvalue weighted by molar-refractivity contribution is 1.23. The first-order valence-corrected chi connectivity index (χ1v) is 4.79. The van der Waals surface area contributed by atoms with Crippen LogP contribution in [0.1, 0.15) is 0 Å². The summed E-state index contributed by atoms with van der Waals surface area (Å²) in [6.45, 7) is 0. The summed E-state index contributed by atoms with van der Waals surface area (Å²) < 4.78 is 0. The van der Waals surface area contributed by atoms with Gasteiger partial charge in [-0.2, -0.15) is 0 Å². The summed E-state index contributed by atoms with van der Waals surface area (Å²) in [7, 11) is 0. The Morgan fingerprint density at radius 3 is 2.44 bits per heavy atom. The van der Waals surface area contributed by atoms with Gasteiger partial charge in [-0.3, -0.25) is 9.59 Å². The Bertz CT molecular complexity index is 784. The Labute approximate surface area is 89.6 Å². The number of aromatic nitrogens is 2. The lowest BCUT2D eigenvalue weighted by Crippen LogP contribution is -2.01. The maximum absolute atomic E-state index is 11.5. The topological polar surface area (TPSA) is 59.9 Å². The average molecular weight is 210 g/mol. The standard InChI is InChI=1S/C12H6N2O2/c15-11-8-6-13-12(16)9(8)10(14-11)7-4-2-1-3-5-7/h1-6H. The molecule has 0 aromatic heterocycles.